The summed E-state index contributed by atoms with van der Waals surface area (Å²) in [5, 5.41) is 0. The maximum atomic E-state index is 12.1. The lowest BCUT2D eigenvalue weighted by molar-refractivity contribution is -0.132. The van der Waals surface area contributed by atoms with Crippen molar-refractivity contribution in [3.8, 4) is 0 Å². The summed E-state index contributed by atoms with van der Waals surface area (Å²) in [6.07, 6.45) is 2.21. The second kappa shape index (κ2) is 7.14. The topological polar surface area (TPSA) is 57.9 Å². The van der Waals surface area contributed by atoms with Crippen LogP contribution in [-0.4, -0.2) is 57.0 Å². The van der Waals surface area contributed by atoms with Crippen molar-refractivity contribution in [1.29, 1.82) is 0 Å². The highest BCUT2D eigenvalue weighted by molar-refractivity contribution is 7.80. The van der Waals surface area contributed by atoms with Crippen molar-refractivity contribution >= 4 is 24.2 Å². The number of thiol groups is 1. The van der Waals surface area contributed by atoms with E-state index < -0.39 is 0 Å². The fraction of sp³-hybridized carbons (Fsp3) is 0.438. The zero-order chi connectivity index (χ0) is 16.2. The van der Waals surface area contributed by atoms with Gasteiger partial charge in [-0.1, -0.05) is 6.07 Å². The molecule has 0 unspecified atom stereocenters. The van der Waals surface area contributed by atoms with Gasteiger partial charge in [-0.15, -0.1) is 0 Å². The molecule has 1 aliphatic heterocycles. The van der Waals surface area contributed by atoms with Crippen molar-refractivity contribution in [3.05, 3.63) is 46.5 Å². The fourth-order valence-electron chi connectivity index (χ4n) is 2.82. The predicted octanol–water partition coefficient (Wildman–Crippen LogP) is 0.659. The molecule has 1 saturated heterocycles. The summed E-state index contributed by atoms with van der Waals surface area (Å²) in [6, 6.07) is 7.11. The lowest BCUT2D eigenvalue weighted by atomic mass is 10.2. The van der Waals surface area contributed by atoms with E-state index in [2.05, 4.69) is 22.5 Å². The standard InChI is InChI=1S/C16H20N4O2S/c21-15(4-10-23)19-8-6-18(7-9-19)12-13-11-16(22)20-5-2-1-3-14(20)17-13/h1-3,5,11,23H,4,6-10,12H2. The first kappa shape index (κ1) is 16.0. The van der Waals surface area contributed by atoms with Crippen LogP contribution < -0.4 is 5.56 Å². The molecule has 2 aromatic rings. The van der Waals surface area contributed by atoms with Gasteiger partial charge in [0.05, 0.1) is 5.69 Å². The maximum Gasteiger partial charge on any atom is 0.258 e. The molecule has 0 saturated carbocycles. The Kier molecular flexibility index (Phi) is 4.97. The van der Waals surface area contributed by atoms with Gasteiger partial charge >= 0.3 is 0 Å². The summed E-state index contributed by atoms with van der Waals surface area (Å²) in [5.74, 6) is 0.756. The van der Waals surface area contributed by atoms with Gasteiger partial charge in [-0.05, 0) is 17.9 Å². The smallest absolute Gasteiger partial charge is 0.258 e. The van der Waals surface area contributed by atoms with Crippen LogP contribution in [0.1, 0.15) is 12.1 Å². The number of aromatic nitrogens is 2. The molecule has 6 nitrogen and oxygen atoms in total. The molecule has 1 amide bonds. The second-order valence-electron chi connectivity index (χ2n) is 5.65. The fourth-order valence-corrected chi connectivity index (χ4v) is 3.01. The minimum Gasteiger partial charge on any atom is -0.340 e. The van der Waals surface area contributed by atoms with Gasteiger partial charge in [0.15, 0.2) is 0 Å². The summed E-state index contributed by atoms with van der Waals surface area (Å²) in [4.78, 5) is 32.6. The van der Waals surface area contributed by atoms with E-state index >= 15 is 0 Å². The van der Waals surface area contributed by atoms with Crippen molar-refractivity contribution in [1.82, 2.24) is 19.2 Å². The minimum absolute atomic E-state index is 0.0619. The summed E-state index contributed by atoms with van der Waals surface area (Å²) in [5.41, 5.74) is 1.38. The maximum absolute atomic E-state index is 12.1. The molecule has 3 rings (SSSR count). The quantitative estimate of drug-likeness (QED) is 0.836. The molecule has 0 N–H and O–H groups in total. The molecule has 2 aromatic heterocycles. The number of hydrogen-bond acceptors (Lipinski definition) is 5. The highest BCUT2D eigenvalue weighted by Gasteiger charge is 2.20. The van der Waals surface area contributed by atoms with Crippen LogP contribution in [0.2, 0.25) is 0 Å². The van der Waals surface area contributed by atoms with E-state index in [0.717, 1.165) is 31.9 Å². The van der Waals surface area contributed by atoms with E-state index in [4.69, 9.17) is 0 Å². The van der Waals surface area contributed by atoms with Crippen molar-refractivity contribution in [2.45, 2.75) is 13.0 Å². The number of pyridine rings is 1. The average molecular weight is 332 g/mol. The molecule has 7 heteroatoms. The highest BCUT2D eigenvalue weighted by atomic mass is 32.1. The Labute approximate surface area is 140 Å². The highest BCUT2D eigenvalue weighted by Crippen LogP contribution is 2.08. The first-order chi connectivity index (χ1) is 11.2. The molecular weight excluding hydrogens is 312 g/mol. The van der Waals surface area contributed by atoms with E-state index in [1.807, 2.05) is 23.1 Å². The van der Waals surface area contributed by atoms with Crippen LogP contribution in [-0.2, 0) is 11.3 Å². The molecule has 1 fully saturated rings. The van der Waals surface area contributed by atoms with Crippen LogP contribution in [0.4, 0.5) is 0 Å². The van der Waals surface area contributed by atoms with Crippen molar-refractivity contribution in [2.24, 2.45) is 0 Å². The van der Waals surface area contributed by atoms with Crippen LogP contribution in [0.3, 0.4) is 0 Å². The molecule has 0 aromatic carbocycles. The predicted molar refractivity (Wildman–Crippen MR) is 91.8 cm³/mol. The molecule has 0 aliphatic carbocycles. The molecule has 122 valence electrons. The van der Waals surface area contributed by atoms with Crippen LogP contribution in [0.15, 0.2) is 35.3 Å². The second-order valence-corrected chi connectivity index (χ2v) is 6.09. The summed E-state index contributed by atoms with van der Waals surface area (Å²) >= 11 is 4.10. The first-order valence-corrected chi connectivity index (χ1v) is 8.39. The Morgan fingerprint density at radius 3 is 2.74 bits per heavy atom. The lowest BCUT2D eigenvalue weighted by Crippen LogP contribution is -2.48. The third-order valence-electron chi connectivity index (χ3n) is 4.06. The number of amides is 1. The normalized spacial score (nSPS) is 16.0. The Hall–Kier alpha value is -1.86. The average Bonchev–Trinajstić information content (AvgIpc) is 2.56. The number of fused-ring (bicyclic) bond motifs is 1. The van der Waals surface area contributed by atoms with Gasteiger partial charge in [0.1, 0.15) is 5.65 Å². The summed E-state index contributed by atoms with van der Waals surface area (Å²) in [7, 11) is 0. The minimum atomic E-state index is -0.0619. The van der Waals surface area contributed by atoms with Gasteiger partial charge in [-0.2, -0.15) is 12.6 Å². The third-order valence-corrected chi connectivity index (χ3v) is 4.28. The molecule has 23 heavy (non-hydrogen) atoms. The number of nitrogens with zero attached hydrogens (tertiary/aromatic N) is 4. The SMILES string of the molecule is O=C(CCS)N1CCN(Cc2cc(=O)n3ccccc3n2)CC1. The monoisotopic (exact) mass is 332 g/mol. The van der Waals surface area contributed by atoms with Crippen molar-refractivity contribution < 1.29 is 4.79 Å². The van der Waals surface area contributed by atoms with E-state index in [-0.39, 0.29) is 11.5 Å². The largest absolute Gasteiger partial charge is 0.340 e. The van der Waals surface area contributed by atoms with Gasteiger partial charge in [-0.25, -0.2) is 4.98 Å². The lowest BCUT2D eigenvalue weighted by Gasteiger charge is -2.34. The number of piperazine rings is 1. The molecular formula is C16H20N4O2S. The number of rotatable bonds is 4. The molecule has 0 spiro atoms. The third kappa shape index (κ3) is 3.73. The summed E-state index contributed by atoms with van der Waals surface area (Å²) in [6.45, 7) is 3.68. The zero-order valence-corrected chi connectivity index (χ0v) is 13.8. The van der Waals surface area contributed by atoms with Gasteiger partial charge in [-0.3, -0.25) is 18.9 Å². The van der Waals surface area contributed by atoms with Crippen molar-refractivity contribution in [3.63, 3.8) is 0 Å². The van der Waals surface area contributed by atoms with Crippen LogP contribution in [0, 0.1) is 0 Å². The number of hydrogen-bond donors (Lipinski definition) is 1. The van der Waals surface area contributed by atoms with Gasteiger partial charge < -0.3 is 4.90 Å². The Bertz CT molecular complexity index is 753. The van der Waals surface area contributed by atoms with Crippen LogP contribution in [0.25, 0.3) is 5.65 Å². The Morgan fingerprint density at radius 2 is 2.00 bits per heavy atom. The van der Waals surface area contributed by atoms with Crippen molar-refractivity contribution in [2.75, 3.05) is 31.9 Å². The number of carbonyl (C=O) groups is 1. The Balaban J connectivity index is 1.65. The molecule has 3 heterocycles. The molecule has 0 radical (unpaired) electrons. The molecule has 1 aliphatic rings. The number of carbonyl (C=O) groups excluding carboxylic acids is 1. The van der Waals surface area contributed by atoms with E-state index in [9.17, 15) is 9.59 Å². The van der Waals surface area contributed by atoms with E-state index in [1.165, 1.54) is 4.40 Å². The molecule has 0 atom stereocenters. The summed E-state index contributed by atoms with van der Waals surface area (Å²) < 4.78 is 1.54. The van der Waals surface area contributed by atoms with E-state index in [0.29, 0.717) is 24.4 Å². The first-order valence-electron chi connectivity index (χ1n) is 7.75. The molecule has 0 bridgehead atoms. The van der Waals surface area contributed by atoms with Gasteiger partial charge in [0, 0.05) is 51.4 Å². The van der Waals surface area contributed by atoms with Gasteiger partial charge in [0.25, 0.3) is 5.56 Å². The van der Waals surface area contributed by atoms with Gasteiger partial charge in [0.2, 0.25) is 5.91 Å². The van der Waals surface area contributed by atoms with Crippen LogP contribution in [0.5, 0.6) is 0 Å². The zero-order valence-electron chi connectivity index (χ0n) is 12.9. The van der Waals surface area contributed by atoms with Crippen LogP contribution >= 0.6 is 12.6 Å². The van der Waals surface area contributed by atoms with E-state index in [1.54, 1.807) is 12.3 Å². The Morgan fingerprint density at radius 1 is 1.22 bits per heavy atom.